The molecule has 0 saturated carbocycles. The van der Waals surface area contributed by atoms with Gasteiger partial charge in [0, 0.05) is 62.5 Å². The highest BCUT2D eigenvalue weighted by Crippen LogP contribution is 2.43. The normalized spacial score (nSPS) is 21.9. The third kappa shape index (κ3) is 11.6. The molecule has 1 aromatic heterocycles. The summed E-state index contributed by atoms with van der Waals surface area (Å²) in [7, 11) is 0. The molecule has 4 aromatic rings. The Bertz CT molecular complexity index is 2300. The zero-order valence-corrected chi connectivity index (χ0v) is 37.3. The lowest BCUT2D eigenvalue weighted by Gasteiger charge is -2.46. The van der Waals surface area contributed by atoms with Crippen molar-refractivity contribution in [1.29, 1.82) is 0 Å². The molecule has 2 amide bonds. The maximum atomic E-state index is 13.7. The number of amides is 2. The third-order valence-corrected chi connectivity index (χ3v) is 12.9. The first-order chi connectivity index (χ1) is 32.6. The number of aromatic amines is 1. The van der Waals surface area contributed by atoms with Crippen molar-refractivity contribution < 1.29 is 61.9 Å². The predicted octanol–water partition coefficient (Wildman–Crippen LogP) is 4.16. The molecule has 4 fully saturated rings. The average molecular weight is 937 g/mol. The largest absolute Gasteiger partial charge is 0.380 e. The van der Waals surface area contributed by atoms with Crippen LogP contribution < -0.4 is 31.0 Å². The second-order valence-corrected chi connectivity index (χ2v) is 17.4. The molecule has 4 saturated heterocycles. The van der Waals surface area contributed by atoms with Crippen LogP contribution in [-0.4, -0.2) is 141 Å². The lowest BCUT2D eigenvalue weighted by Crippen LogP contribution is -2.48. The molecule has 0 bridgehead atoms. The smallest absolute Gasteiger partial charge is 0.282 e. The number of likely N-dealkylation sites (tertiary alicyclic amines) is 2. The van der Waals surface area contributed by atoms with Crippen LogP contribution in [0.4, 0.5) is 20.2 Å². The number of H-pyrrole nitrogens is 1. The van der Waals surface area contributed by atoms with Gasteiger partial charge in [0.2, 0.25) is 12.0 Å². The van der Waals surface area contributed by atoms with Crippen molar-refractivity contribution in [3.8, 4) is 11.5 Å². The van der Waals surface area contributed by atoms with E-state index in [4.69, 9.17) is 38.4 Å². The van der Waals surface area contributed by atoms with Crippen molar-refractivity contribution in [1.82, 2.24) is 31.0 Å². The number of benzene rings is 3. The number of para-hydroxylation sites is 1. The van der Waals surface area contributed by atoms with Gasteiger partial charge in [-0.15, -0.1) is 0 Å². The van der Waals surface area contributed by atoms with Crippen molar-refractivity contribution in [2.75, 3.05) is 102 Å². The fraction of sp³-hybridized carbons (Fsp3) is 0.522. The fourth-order valence-electron chi connectivity index (χ4n) is 9.03. The number of nitrogens with one attached hydrogen (secondary N) is 4. The molecule has 362 valence electrons. The van der Waals surface area contributed by atoms with Crippen molar-refractivity contribution in [3.63, 3.8) is 0 Å². The molecule has 21 heteroatoms. The summed E-state index contributed by atoms with van der Waals surface area (Å²) < 4.78 is 44.4. The highest BCUT2D eigenvalue weighted by atomic mass is 19.1. The first kappa shape index (κ1) is 46.9. The number of carbonyl (C=O) groups excluding carboxylic acids is 2. The van der Waals surface area contributed by atoms with E-state index in [9.17, 15) is 23.5 Å². The number of aromatic nitrogens is 1. The SMILES string of the molecule is O=C(c1cc2cc(N3CCC(O)(C(=O)NCc4cc(F)cc(F)c4)O3)ccc2[nH]1)N1CCC2(CCN(CCOCCOCCOCCNc3cccc4c3ON(C3CCONO3)O4)CC2)CC1. The molecule has 0 radical (unpaired) electrons. The lowest BCUT2D eigenvalue weighted by atomic mass is 9.71. The van der Waals surface area contributed by atoms with Crippen LogP contribution in [-0.2, 0) is 40.1 Å². The van der Waals surface area contributed by atoms with Gasteiger partial charge in [-0.05, 0) is 98.3 Å². The van der Waals surface area contributed by atoms with Gasteiger partial charge in [0.25, 0.3) is 17.6 Å². The first-order valence-corrected chi connectivity index (χ1v) is 23.0. The summed E-state index contributed by atoms with van der Waals surface area (Å²) in [5.41, 5.74) is 5.51. The van der Waals surface area contributed by atoms with Crippen molar-refractivity contribution in [2.24, 2.45) is 5.41 Å². The summed E-state index contributed by atoms with van der Waals surface area (Å²) in [6, 6.07) is 15.9. The number of halogens is 2. The Balaban J connectivity index is 0.615. The molecule has 19 nitrogen and oxygen atoms in total. The number of carbonyl (C=O) groups is 2. The minimum absolute atomic E-state index is 0.0250. The molecular weight excluding hydrogens is 879 g/mol. The minimum atomic E-state index is -2.16. The van der Waals surface area contributed by atoms with Crippen LogP contribution in [0.2, 0.25) is 0 Å². The quantitative estimate of drug-likeness (QED) is 0.0842. The number of piperidine rings is 2. The third-order valence-electron chi connectivity index (χ3n) is 12.9. The number of anilines is 2. The second-order valence-electron chi connectivity index (χ2n) is 17.4. The van der Waals surface area contributed by atoms with Crippen molar-refractivity contribution in [3.05, 3.63) is 83.6 Å². The van der Waals surface area contributed by atoms with Crippen LogP contribution in [0.3, 0.4) is 0 Å². The monoisotopic (exact) mass is 936 g/mol. The van der Waals surface area contributed by atoms with Gasteiger partial charge in [-0.25, -0.2) is 13.6 Å². The zero-order valence-electron chi connectivity index (χ0n) is 37.3. The number of hydrogen-bond acceptors (Lipinski definition) is 16. The second kappa shape index (κ2) is 21.4. The van der Waals surface area contributed by atoms with E-state index >= 15 is 0 Å². The van der Waals surface area contributed by atoms with Gasteiger partial charge in [-0.3, -0.25) is 24.3 Å². The Kier molecular flexibility index (Phi) is 15.0. The van der Waals surface area contributed by atoms with Crippen LogP contribution in [0.1, 0.15) is 54.6 Å². The molecule has 67 heavy (non-hydrogen) atoms. The fourth-order valence-corrected chi connectivity index (χ4v) is 9.03. The summed E-state index contributed by atoms with van der Waals surface area (Å²) in [4.78, 5) is 61.8. The van der Waals surface area contributed by atoms with E-state index in [1.807, 2.05) is 41.3 Å². The van der Waals surface area contributed by atoms with Gasteiger partial charge in [-0.2, -0.15) is 0 Å². The predicted molar refractivity (Wildman–Crippen MR) is 237 cm³/mol. The Hall–Kier alpha value is -5.20. The van der Waals surface area contributed by atoms with Gasteiger partial charge in [-0.1, -0.05) is 11.7 Å². The molecule has 0 aliphatic carbocycles. The summed E-state index contributed by atoms with van der Waals surface area (Å²) in [5.74, 6) is -3.36. The van der Waals surface area contributed by atoms with E-state index in [0.29, 0.717) is 95.2 Å². The zero-order chi connectivity index (χ0) is 46.2. The number of hydrogen-bond donors (Lipinski definition) is 5. The number of hydroxylamine groups is 3. The Morgan fingerprint density at radius 1 is 0.836 bits per heavy atom. The minimum Gasteiger partial charge on any atom is -0.380 e. The first-order valence-electron chi connectivity index (χ1n) is 23.0. The van der Waals surface area contributed by atoms with E-state index in [1.54, 1.807) is 6.07 Å². The van der Waals surface area contributed by atoms with Crippen LogP contribution in [0.15, 0.2) is 60.7 Å². The van der Waals surface area contributed by atoms with Gasteiger partial charge in [0.05, 0.1) is 69.4 Å². The van der Waals surface area contributed by atoms with Crippen LogP contribution in [0, 0.1) is 17.0 Å². The average Bonchev–Trinajstić information content (AvgIpc) is 4.09. The Labute approximate surface area is 386 Å². The number of aliphatic hydroxyl groups is 1. The van der Waals surface area contributed by atoms with Gasteiger partial charge in [0.1, 0.15) is 17.3 Å². The Morgan fingerprint density at radius 2 is 1.58 bits per heavy atom. The van der Waals surface area contributed by atoms with Crippen molar-refractivity contribution >= 4 is 34.1 Å². The number of nitrogens with zero attached hydrogens (tertiary/aromatic N) is 4. The van der Waals surface area contributed by atoms with E-state index in [-0.39, 0.29) is 36.4 Å². The number of fused-ring (bicyclic) bond motifs is 2. The molecule has 6 heterocycles. The maximum Gasteiger partial charge on any atom is 0.282 e. The van der Waals surface area contributed by atoms with Crippen LogP contribution in [0.25, 0.3) is 10.9 Å². The molecule has 9 rings (SSSR count). The summed E-state index contributed by atoms with van der Waals surface area (Å²) in [6.45, 7) is 8.52. The highest BCUT2D eigenvalue weighted by Gasteiger charge is 2.45. The molecule has 5 N–H and O–H groups in total. The van der Waals surface area contributed by atoms with E-state index < -0.39 is 29.6 Å². The van der Waals surface area contributed by atoms with Gasteiger partial charge < -0.3 is 54.4 Å². The van der Waals surface area contributed by atoms with Gasteiger partial charge >= 0.3 is 0 Å². The molecule has 2 atom stereocenters. The number of rotatable bonds is 19. The maximum absolute atomic E-state index is 13.7. The summed E-state index contributed by atoms with van der Waals surface area (Å²) in [5, 5.41) is 20.3. The van der Waals surface area contributed by atoms with E-state index in [2.05, 4.69) is 26.2 Å². The lowest BCUT2D eigenvalue weighted by molar-refractivity contribution is -0.376. The van der Waals surface area contributed by atoms with Crippen LogP contribution in [0.5, 0.6) is 11.5 Å². The molecule has 5 aliphatic rings. The number of ether oxygens (including phenoxy) is 3. The topological polar surface area (TPSA) is 193 Å². The van der Waals surface area contributed by atoms with Gasteiger partial charge in [0.15, 0.2) is 5.75 Å². The summed E-state index contributed by atoms with van der Waals surface area (Å²) >= 11 is 0. The standard InChI is InChI=1S/C46H58F2N8O11/c47-34-26-32(27-35(48)30-34)31-50-44(58)46(59)11-17-55(67-46)36-4-5-37-33(28-36)29-39(51-37)43(57)54-15-9-45(10-16-54)7-13-53(14-8-45)18-21-61-23-25-62-24-22-60-20-12-49-38-2-1-3-40-42(38)66-56(65-40)41-6-19-63-52-64-41/h1-5,26-30,41,49,51-52,59H,6-25,31H2,(H,50,58). The highest BCUT2D eigenvalue weighted by molar-refractivity contribution is 5.98. The molecule has 1 spiro atoms. The van der Waals surface area contributed by atoms with E-state index in [0.717, 1.165) is 80.1 Å². The van der Waals surface area contributed by atoms with Crippen molar-refractivity contribution in [2.45, 2.75) is 57.1 Å². The van der Waals surface area contributed by atoms with E-state index in [1.165, 1.54) is 10.3 Å². The van der Waals surface area contributed by atoms with Crippen LogP contribution >= 0.6 is 0 Å². The molecule has 5 aliphatic heterocycles. The molecule has 2 unspecified atom stereocenters. The molecular formula is C46H58F2N8O11. The molecule has 3 aromatic carbocycles. The Morgan fingerprint density at radius 3 is 2.34 bits per heavy atom. The summed E-state index contributed by atoms with van der Waals surface area (Å²) in [6.07, 6.45) is 4.26.